The van der Waals surface area contributed by atoms with Gasteiger partial charge in [-0.15, -0.1) is 0 Å². The van der Waals surface area contributed by atoms with Gasteiger partial charge in [0.1, 0.15) is 0 Å². The number of benzene rings is 1. The van der Waals surface area contributed by atoms with Crippen molar-refractivity contribution in [3.63, 3.8) is 0 Å². The van der Waals surface area contributed by atoms with Crippen LogP contribution in [0.2, 0.25) is 0 Å². The molecule has 3 N–H and O–H groups in total. The molecule has 1 aliphatic rings. The van der Waals surface area contributed by atoms with Crippen molar-refractivity contribution in [2.45, 2.75) is 13.3 Å². The highest BCUT2D eigenvalue weighted by Gasteiger charge is 2.40. The normalized spacial score (nSPS) is 19.9. The van der Waals surface area contributed by atoms with Crippen LogP contribution in [0, 0.1) is 11.8 Å². The summed E-state index contributed by atoms with van der Waals surface area (Å²) in [6.07, 6.45) is 0.823. The van der Waals surface area contributed by atoms with Crippen LogP contribution >= 0.6 is 15.9 Å². The van der Waals surface area contributed by atoms with Crippen LogP contribution in [0.4, 0.5) is 5.69 Å². The number of halogens is 1. The second kappa shape index (κ2) is 5.60. The molecule has 8 heteroatoms. The molecule has 1 fully saturated rings. The lowest BCUT2D eigenvalue weighted by Gasteiger charge is -2.08. The zero-order valence-electron chi connectivity index (χ0n) is 11.7. The summed E-state index contributed by atoms with van der Waals surface area (Å²) >= 11 is 3.32. The number of hydrogen-bond acceptors (Lipinski definition) is 4. The fourth-order valence-corrected chi connectivity index (χ4v) is 2.67. The number of carbonyl (C=O) groups excluding carboxylic acids is 2. The van der Waals surface area contributed by atoms with Crippen molar-refractivity contribution in [1.29, 1.82) is 0 Å². The Kier molecular flexibility index (Phi) is 3.78. The van der Waals surface area contributed by atoms with Crippen LogP contribution < -0.4 is 11.0 Å². The number of anilines is 1. The largest absolute Gasteiger partial charge is 0.455 e. The summed E-state index contributed by atoms with van der Waals surface area (Å²) < 4.78 is 5.59. The number of hydrogen-bond donors (Lipinski definition) is 3. The van der Waals surface area contributed by atoms with Gasteiger partial charge in [-0.3, -0.25) is 9.59 Å². The number of rotatable bonds is 4. The zero-order valence-corrected chi connectivity index (χ0v) is 13.3. The fourth-order valence-electron chi connectivity index (χ4n) is 2.23. The molecule has 3 rings (SSSR count). The highest BCUT2D eigenvalue weighted by Crippen LogP contribution is 2.38. The molecule has 1 aromatic carbocycles. The lowest BCUT2D eigenvalue weighted by atomic mass is 10.2. The zero-order chi connectivity index (χ0) is 15.9. The van der Waals surface area contributed by atoms with Gasteiger partial charge in [0.2, 0.25) is 0 Å². The number of imidazole rings is 1. The Balaban J connectivity index is 1.64. The molecule has 0 aliphatic heterocycles. The number of amides is 1. The number of fused-ring (bicyclic) bond motifs is 1. The maximum Gasteiger partial charge on any atom is 0.323 e. The molecule has 7 nitrogen and oxygen atoms in total. The molecule has 0 unspecified atom stereocenters. The van der Waals surface area contributed by atoms with E-state index in [9.17, 15) is 14.4 Å². The van der Waals surface area contributed by atoms with Crippen molar-refractivity contribution >= 4 is 44.5 Å². The first-order chi connectivity index (χ1) is 10.4. The molecule has 1 amide bonds. The topological polar surface area (TPSA) is 104 Å². The summed E-state index contributed by atoms with van der Waals surface area (Å²) in [7, 11) is 0. The van der Waals surface area contributed by atoms with Gasteiger partial charge in [0.05, 0.1) is 22.6 Å². The van der Waals surface area contributed by atoms with Gasteiger partial charge in [-0.25, -0.2) is 4.79 Å². The molecule has 0 bridgehead atoms. The van der Waals surface area contributed by atoms with E-state index < -0.39 is 5.91 Å². The molecule has 1 aliphatic carbocycles. The number of ether oxygens (including phenoxy) is 1. The van der Waals surface area contributed by atoms with Crippen molar-refractivity contribution in [3.05, 3.63) is 27.1 Å². The molecule has 2 aromatic rings. The molecule has 0 spiro atoms. The van der Waals surface area contributed by atoms with Crippen LogP contribution in [0.5, 0.6) is 0 Å². The first kappa shape index (κ1) is 14.8. The number of H-pyrrole nitrogens is 2. The molecule has 1 aromatic heterocycles. The molecular weight excluding hydrogens is 354 g/mol. The SMILES string of the molecule is C[C@H]1C[C@@H]1C(=O)OCC(=O)Nc1cc2[nH]c(=O)[nH]c2cc1Br. The van der Waals surface area contributed by atoms with E-state index >= 15 is 0 Å². The summed E-state index contributed by atoms with van der Waals surface area (Å²) in [5, 5.41) is 2.64. The highest BCUT2D eigenvalue weighted by atomic mass is 79.9. The number of carbonyl (C=O) groups is 2. The standard InChI is InChI=1S/C14H14BrN3O4/c1-6-2-7(6)13(20)22-5-12(19)16-9-4-11-10(3-8(9)15)17-14(21)18-11/h3-4,6-7H,2,5H2,1H3,(H,16,19)(H2,17,18,21)/t6-,7-/m0/s1. The van der Waals surface area contributed by atoms with E-state index in [0.29, 0.717) is 27.1 Å². The Hall–Kier alpha value is -2.09. The monoisotopic (exact) mass is 367 g/mol. The summed E-state index contributed by atoms with van der Waals surface area (Å²) in [6.45, 7) is 1.65. The van der Waals surface area contributed by atoms with Crippen LogP contribution in [0.25, 0.3) is 11.0 Å². The van der Waals surface area contributed by atoms with Gasteiger partial charge < -0.3 is 20.0 Å². The number of nitrogens with one attached hydrogen (secondary N) is 3. The van der Waals surface area contributed by atoms with Crippen molar-refractivity contribution in [3.8, 4) is 0 Å². The number of aromatic nitrogens is 2. The quantitative estimate of drug-likeness (QED) is 0.716. The highest BCUT2D eigenvalue weighted by molar-refractivity contribution is 9.10. The third kappa shape index (κ3) is 3.06. The molecular formula is C14H14BrN3O4. The minimum Gasteiger partial charge on any atom is -0.455 e. The van der Waals surface area contributed by atoms with Gasteiger partial charge in [0.15, 0.2) is 6.61 Å². The average molecular weight is 368 g/mol. The van der Waals surface area contributed by atoms with E-state index in [0.717, 1.165) is 6.42 Å². The minimum atomic E-state index is -0.431. The molecule has 116 valence electrons. The lowest BCUT2D eigenvalue weighted by Crippen LogP contribution is -2.22. The summed E-state index contributed by atoms with van der Waals surface area (Å²) in [5.41, 5.74) is 1.37. The Morgan fingerprint density at radius 2 is 2.00 bits per heavy atom. The van der Waals surface area contributed by atoms with Crippen LogP contribution in [-0.4, -0.2) is 28.5 Å². The first-order valence-corrected chi connectivity index (χ1v) is 7.61. The third-order valence-corrected chi connectivity index (χ3v) is 4.29. The molecule has 0 radical (unpaired) electrons. The Bertz CT molecular complexity index is 810. The summed E-state index contributed by atoms with van der Waals surface area (Å²) in [5.74, 6) is -0.481. The Morgan fingerprint density at radius 3 is 2.64 bits per heavy atom. The van der Waals surface area contributed by atoms with E-state index in [2.05, 4.69) is 31.2 Å². The van der Waals surface area contributed by atoms with E-state index in [1.54, 1.807) is 12.1 Å². The molecule has 1 heterocycles. The second-order valence-electron chi connectivity index (χ2n) is 5.43. The predicted octanol–water partition coefficient (Wildman–Crippen LogP) is 1.76. The van der Waals surface area contributed by atoms with Crippen LogP contribution in [0.1, 0.15) is 13.3 Å². The van der Waals surface area contributed by atoms with Gasteiger partial charge in [-0.05, 0) is 40.4 Å². The molecule has 22 heavy (non-hydrogen) atoms. The van der Waals surface area contributed by atoms with Crippen molar-refractivity contribution < 1.29 is 14.3 Å². The number of aromatic amines is 2. The van der Waals surface area contributed by atoms with Gasteiger partial charge >= 0.3 is 11.7 Å². The molecule has 2 atom stereocenters. The van der Waals surface area contributed by atoms with E-state index in [1.807, 2.05) is 6.92 Å². The van der Waals surface area contributed by atoms with Crippen LogP contribution in [-0.2, 0) is 14.3 Å². The predicted molar refractivity (Wildman–Crippen MR) is 83.5 cm³/mol. The third-order valence-electron chi connectivity index (χ3n) is 3.64. The first-order valence-electron chi connectivity index (χ1n) is 6.82. The minimum absolute atomic E-state index is 0.0687. The van der Waals surface area contributed by atoms with Crippen molar-refractivity contribution in [2.75, 3.05) is 11.9 Å². The van der Waals surface area contributed by atoms with Gasteiger partial charge in [0.25, 0.3) is 5.91 Å². The number of esters is 1. The molecule has 0 saturated heterocycles. The maximum absolute atomic E-state index is 11.8. The van der Waals surface area contributed by atoms with Crippen molar-refractivity contribution in [1.82, 2.24) is 9.97 Å². The van der Waals surface area contributed by atoms with E-state index in [-0.39, 0.29) is 24.2 Å². The van der Waals surface area contributed by atoms with Crippen LogP contribution in [0.3, 0.4) is 0 Å². The Labute approximate surface area is 133 Å². The summed E-state index contributed by atoms with van der Waals surface area (Å²) in [6, 6.07) is 3.31. The van der Waals surface area contributed by atoms with E-state index in [1.165, 1.54) is 0 Å². The maximum atomic E-state index is 11.8. The molecule has 1 saturated carbocycles. The Morgan fingerprint density at radius 1 is 1.36 bits per heavy atom. The second-order valence-corrected chi connectivity index (χ2v) is 6.29. The van der Waals surface area contributed by atoms with Gasteiger partial charge in [-0.1, -0.05) is 6.92 Å². The van der Waals surface area contributed by atoms with Crippen LogP contribution in [0.15, 0.2) is 21.4 Å². The smallest absolute Gasteiger partial charge is 0.323 e. The summed E-state index contributed by atoms with van der Waals surface area (Å²) in [4.78, 5) is 39.9. The van der Waals surface area contributed by atoms with Gasteiger partial charge in [0, 0.05) is 4.47 Å². The lowest BCUT2D eigenvalue weighted by molar-refractivity contribution is -0.148. The fraction of sp³-hybridized carbons (Fsp3) is 0.357. The van der Waals surface area contributed by atoms with Gasteiger partial charge in [-0.2, -0.15) is 0 Å². The average Bonchev–Trinajstić information content (AvgIpc) is 3.07. The van der Waals surface area contributed by atoms with E-state index in [4.69, 9.17) is 4.74 Å². The van der Waals surface area contributed by atoms with Crippen molar-refractivity contribution in [2.24, 2.45) is 11.8 Å².